The minimum atomic E-state index is -0.364. The highest BCUT2D eigenvalue weighted by atomic mass is 16.2. The Morgan fingerprint density at radius 1 is 1.37 bits per heavy atom. The van der Waals surface area contributed by atoms with Gasteiger partial charge >= 0.3 is 0 Å². The minimum absolute atomic E-state index is 0.119. The predicted octanol–water partition coefficient (Wildman–Crippen LogP) is 2.20. The number of carbonyl (C=O) groups is 1. The lowest BCUT2D eigenvalue weighted by molar-refractivity contribution is -0.134. The normalized spacial score (nSPS) is 20.8. The molecule has 0 aromatic heterocycles. The molecule has 0 radical (unpaired) electrons. The summed E-state index contributed by atoms with van der Waals surface area (Å²) in [5.74, 6) is 0.318. The van der Waals surface area contributed by atoms with E-state index in [2.05, 4.69) is 24.3 Å². The molecule has 0 aliphatic carbocycles. The second-order valence-electron chi connectivity index (χ2n) is 5.79. The molecule has 1 aliphatic rings. The summed E-state index contributed by atoms with van der Waals surface area (Å²) in [4.78, 5) is 14.4. The lowest BCUT2D eigenvalue weighted by Crippen LogP contribution is -2.48. The minimum Gasteiger partial charge on any atom is -0.338 e. The summed E-state index contributed by atoms with van der Waals surface area (Å²) in [7, 11) is 0. The highest BCUT2D eigenvalue weighted by Crippen LogP contribution is 2.22. The molecule has 0 saturated carbocycles. The second-order valence-corrected chi connectivity index (χ2v) is 5.79. The summed E-state index contributed by atoms with van der Waals surface area (Å²) < 4.78 is 0. The van der Waals surface area contributed by atoms with Crippen LogP contribution in [0.1, 0.15) is 32.3 Å². The van der Waals surface area contributed by atoms with Gasteiger partial charge in [0.05, 0.1) is 6.04 Å². The van der Waals surface area contributed by atoms with E-state index in [1.54, 1.807) is 0 Å². The Morgan fingerprint density at radius 3 is 2.68 bits per heavy atom. The largest absolute Gasteiger partial charge is 0.338 e. The van der Waals surface area contributed by atoms with Crippen LogP contribution in [0.15, 0.2) is 30.3 Å². The van der Waals surface area contributed by atoms with Crippen molar-refractivity contribution in [1.82, 2.24) is 4.90 Å². The molecule has 1 aromatic carbocycles. The van der Waals surface area contributed by atoms with E-state index in [9.17, 15) is 4.79 Å². The summed E-state index contributed by atoms with van der Waals surface area (Å²) in [6.07, 6.45) is 3.12. The first-order chi connectivity index (χ1) is 9.09. The zero-order valence-electron chi connectivity index (χ0n) is 11.9. The topological polar surface area (TPSA) is 46.3 Å². The van der Waals surface area contributed by atoms with Crippen molar-refractivity contribution in [3.63, 3.8) is 0 Å². The Hall–Kier alpha value is -1.35. The molecule has 3 heteroatoms. The fraction of sp³-hybridized carbons (Fsp3) is 0.562. The van der Waals surface area contributed by atoms with Gasteiger partial charge in [0, 0.05) is 12.6 Å². The van der Waals surface area contributed by atoms with Gasteiger partial charge in [-0.05, 0) is 30.7 Å². The third kappa shape index (κ3) is 3.35. The van der Waals surface area contributed by atoms with Crippen molar-refractivity contribution in [3.05, 3.63) is 35.9 Å². The number of rotatable bonds is 4. The standard InChI is InChI=1S/C16H24N2O/c1-12(2)15(17)16(19)18-10-6-9-14(18)11-13-7-4-3-5-8-13/h3-5,7-8,12,14-15H,6,9-11,17H2,1-2H3/t14?,15-/m1/s1. The molecule has 2 rings (SSSR count). The SMILES string of the molecule is CC(C)[C@@H](N)C(=O)N1CCCC1Cc1ccccc1. The van der Waals surface area contributed by atoms with Gasteiger partial charge in [0.25, 0.3) is 0 Å². The Kier molecular flexibility index (Phi) is 4.59. The van der Waals surface area contributed by atoms with E-state index >= 15 is 0 Å². The molecule has 2 N–H and O–H groups in total. The molecule has 0 spiro atoms. The molecule has 0 bridgehead atoms. The predicted molar refractivity (Wildman–Crippen MR) is 77.7 cm³/mol. The van der Waals surface area contributed by atoms with Crippen LogP contribution in [0, 0.1) is 5.92 Å². The highest BCUT2D eigenvalue weighted by molar-refractivity contribution is 5.82. The van der Waals surface area contributed by atoms with Crippen LogP contribution >= 0.6 is 0 Å². The van der Waals surface area contributed by atoms with Gasteiger partial charge in [-0.15, -0.1) is 0 Å². The van der Waals surface area contributed by atoms with E-state index in [0.717, 1.165) is 25.8 Å². The maximum atomic E-state index is 12.4. The fourth-order valence-electron chi connectivity index (χ4n) is 2.70. The molecule has 3 nitrogen and oxygen atoms in total. The van der Waals surface area contributed by atoms with Crippen LogP contribution < -0.4 is 5.73 Å². The van der Waals surface area contributed by atoms with Crippen LogP contribution in [0.4, 0.5) is 0 Å². The molecule has 1 saturated heterocycles. The average molecular weight is 260 g/mol. The lowest BCUT2D eigenvalue weighted by atomic mass is 10.0. The van der Waals surface area contributed by atoms with Crippen molar-refractivity contribution < 1.29 is 4.79 Å². The molecule has 1 aromatic rings. The number of nitrogens with zero attached hydrogens (tertiary/aromatic N) is 1. The van der Waals surface area contributed by atoms with Gasteiger partial charge in [-0.25, -0.2) is 0 Å². The highest BCUT2D eigenvalue weighted by Gasteiger charge is 2.32. The number of benzene rings is 1. The Labute approximate surface area is 115 Å². The van der Waals surface area contributed by atoms with Gasteiger partial charge in [-0.3, -0.25) is 4.79 Å². The number of carbonyl (C=O) groups excluding carboxylic acids is 1. The van der Waals surface area contributed by atoms with E-state index in [0.29, 0.717) is 6.04 Å². The molecule has 1 unspecified atom stereocenters. The molecule has 104 valence electrons. The lowest BCUT2D eigenvalue weighted by Gasteiger charge is -2.29. The molecule has 1 heterocycles. The van der Waals surface area contributed by atoms with E-state index in [-0.39, 0.29) is 17.9 Å². The molecule has 1 aliphatic heterocycles. The maximum Gasteiger partial charge on any atom is 0.240 e. The van der Waals surface area contributed by atoms with Crippen molar-refractivity contribution in [2.75, 3.05) is 6.54 Å². The monoisotopic (exact) mass is 260 g/mol. The summed E-state index contributed by atoms with van der Waals surface area (Å²) in [5.41, 5.74) is 7.30. The first-order valence-electron chi connectivity index (χ1n) is 7.19. The van der Waals surface area contributed by atoms with Gasteiger partial charge in [0.1, 0.15) is 0 Å². The first-order valence-corrected chi connectivity index (χ1v) is 7.19. The van der Waals surface area contributed by atoms with Crippen LogP contribution in [-0.4, -0.2) is 29.4 Å². The molecular weight excluding hydrogens is 236 g/mol. The zero-order valence-corrected chi connectivity index (χ0v) is 11.9. The second kappa shape index (κ2) is 6.20. The van der Waals surface area contributed by atoms with Gasteiger partial charge in [0.2, 0.25) is 5.91 Å². The first kappa shape index (κ1) is 14.1. The Bertz CT molecular complexity index is 416. The molecule has 1 amide bonds. The van der Waals surface area contributed by atoms with Gasteiger partial charge in [0.15, 0.2) is 0 Å². The van der Waals surface area contributed by atoms with Crippen molar-refractivity contribution in [2.45, 2.75) is 45.2 Å². The smallest absolute Gasteiger partial charge is 0.240 e. The average Bonchev–Trinajstić information content (AvgIpc) is 2.86. The van der Waals surface area contributed by atoms with Crippen LogP contribution in [0.2, 0.25) is 0 Å². The van der Waals surface area contributed by atoms with Gasteiger partial charge in [-0.1, -0.05) is 44.2 Å². The van der Waals surface area contributed by atoms with E-state index < -0.39 is 0 Å². The van der Waals surface area contributed by atoms with Crippen LogP contribution in [0.25, 0.3) is 0 Å². The van der Waals surface area contributed by atoms with Gasteiger partial charge in [-0.2, -0.15) is 0 Å². The third-order valence-corrected chi connectivity index (χ3v) is 3.98. The summed E-state index contributed by atoms with van der Waals surface area (Å²) >= 11 is 0. The number of hydrogen-bond donors (Lipinski definition) is 1. The van der Waals surface area contributed by atoms with Crippen LogP contribution in [0.3, 0.4) is 0 Å². The number of hydrogen-bond acceptors (Lipinski definition) is 2. The maximum absolute atomic E-state index is 12.4. The number of amides is 1. The van der Waals surface area contributed by atoms with E-state index in [1.165, 1.54) is 5.56 Å². The molecule has 2 atom stereocenters. The van der Waals surface area contributed by atoms with Crippen molar-refractivity contribution in [3.8, 4) is 0 Å². The quantitative estimate of drug-likeness (QED) is 0.902. The third-order valence-electron chi connectivity index (χ3n) is 3.98. The van der Waals surface area contributed by atoms with Crippen molar-refractivity contribution in [2.24, 2.45) is 11.7 Å². The summed E-state index contributed by atoms with van der Waals surface area (Å²) in [6, 6.07) is 10.3. The fourth-order valence-corrected chi connectivity index (χ4v) is 2.70. The molecule has 1 fully saturated rings. The van der Waals surface area contributed by atoms with E-state index in [4.69, 9.17) is 5.73 Å². The molecule has 19 heavy (non-hydrogen) atoms. The van der Waals surface area contributed by atoms with Gasteiger partial charge < -0.3 is 10.6 Å². The molecular formula is C16H24N2O. The van der Waals surface area contributed by atoms with Crippen LogP contribution in [0.5, 0.6) is 0 Å². The zero-order chi connectivity index (χ0) is 13.8. The Morgan fingerprint density at radius 2 is 2.05 bits per heavy atom. The summed E-state index contributed by atoms with van der Waals surface area (Å²) in [6.45, 7) is 4.87. The number of nitrogens with two attached hydrogens (primary N) is 1. The van der Waals surface area contributed by atoms with E-state index in [1.807, 2.05) is 24.8 Å². The number of likely N-dealkylation sites (tertiary alicyclic amines) is 1. The van der Waals surface area contributed by atoms with Crippen molar-refractivity contribution >= 4 is 5.91 Å². The summed E-state index contributed by atoms with van der Waals surface area (Å²) in [5, 5.41) is 0. The Balaban J connectivity index is 2.03. The van der Waals surface area contributed by atoms with Crippen molar-refractivity contribution in [1.29, 1.82) is 0 Å². The van der Waals surface area contributed by atoms with Crippen LogP contribution in [-0.2, 0) is 11.2 Å².